The monoisotopic (exact) mass is 332 g/mol. The van der Waals surface area contributed by atoms with Gasteiger partial charge in [-0.2, -0.15) is 0 Å². The van der Waals surface area contributed by atoms with Gasteiger partial charge >= 0.3 is 0 Å². The molecule has 0 bridgehead atoms. The Morgan fingerprint density at radius 2 is 1.83 bits per heavy atom. The fraction of sp³-hybridized carbons (Fsp3) is 0.100. The van der Waals surface area contributed by atoms with Gasteiger partial charge in [0.25, 0.3) is 0 Å². The lowest BCUT2D eigenvalue weighted by Gasteiger charge is -2.10. The van der Waals surface area contributed by atoms with Crippen molar-refractivity contribution in [2.45, 2.75) is 13.3 Å². The molecule has 2 N–H and O–H groups in total. The van der Waals surface area contributed by atoms with E-state index >= 15 is 0 Å². The van der Waals surface area contributed by atoms with Gasteiger partial charge in [0.15, 0.2) is 5.43 Å². The van der Waals surface area contributed by atoms with Gasteiger partial charge in [-0.3, -0.25) is 4.79 Å². The molecular formula is C20H16N2OS. The SMILES string of the molecule is Cc1ccc(Cc2cc3nc4ccc(=O)cc-4sc3cc2N)cc1. The quantitative estimate of drug-likeness (QED) is 0.441. The van der Waals surface area contributed by atoms with Gasteiger partial charge in [0.2, 0.25) is 0 Å². The third kappa shape index (κ3) is 2.76. The first kappa shape index (κ1) is 14.8. The van der Waals surface area contributed by atoms with Crippen LogP contribution in [0.1, 0.15) is 16.7 Å². The van der Waals surface area contributed by atoms with E-state index in [2.05, 4.69) is 37.3 Å². The normalized spacial score (nSPS) is 11.2. The highest BCUT2D eigenvalue weighted by molar-refractivity contribution is 7.21. The van der Waals surface area contributed by atoms with E-state index in [1.54, 1.807) is 29.5 Å². The Balaban J connectivity index is 1.82. The van der Waals surface area contributed by atoms with Crippen LogP contribution in [-0.2, 0) is 6.42 Å². The molecule has 118 valence electrons. The highest BCUT2D eigenvalue weighted by Crippen LogP contribution is 2.32. The molecule has 0 unspecified atom stereocenters. The maximum Gasteiger partial charge on any atom is 0.180 e. The lowest BCUT2D eigenvalue weighted by molar-refractivity contribution is 1.19. The van der Waals surface area contributed by atoms with Crippen LogP contribution in [0, 0.1) is 6.92 Å². The van der Waals surface area contributed by atoms with Crippen LogP contribution in [0.15, 0.2) is 59.4 Å². The van der Waals surface area contributed by atoms with Crippen molar-refractivity contribution in [1.82, 2.24) is 4.98 Å². The summed E-state index contributed by atoms with van der Waals surface area (Å²) in [7, 11) is 0. The first-order valence-corrected chi connectivity index (χ1v) is 8.59. The molecule has 0 saturated heterocycles. The van der Waals surface area contributed by atoms with Crippen molar-refractivity contribution in [3.63, 3.8) is 0 Å². The van der Waals surface area contributed by atoms with Gasteiger partial charge in [-0.1, -0.05) is 29.8 Å². The number of benzene rings is 3. The first-order chi connectivity index (χ1) is 11.6. The van der Waals surface area contributed by atoms with Crippen molar-refractivity contribution in [3.05, 3.63) is 81.5 Å². The summed E-state index contributed by atoms with van der Waals surface area (Å²) in [6.07, 6.45) is 0.784. The lowest BCUT2D eigenvalue weighted by atomic mass is 10.0. The molecule has 0 atom stereocenters. The minimum atomic E-state index is 0.00358. The molecule has 0 fully saturated rings. The van der Waals surface area contributed by atoms with Crippen LogP contribution in [0.4, 0.5) is 5.69 Å². The van der Waals surface area contributed by atoms with E-state index in [1.165, 1.54) is 11.1 Å². The molecular weight excluding hydrogens is 316 g/mol. The molecule has 0 radical (unpaired) electrons. The maximum absolute atomic E-state index is 11.5. The Bertz CT molecular complexity index is 1070. The van der Waals surface area contributed by atoms with Crippen molar-refractivity contribution in [2.75, 3.05) is 5.73 Å². The molecule has 1 heterocycles. The molecule has 1 aliphatic carbocycles. The van der Waals surface area contributed by atoms with E-state index in [1.807, 2.05) is 6.07 Å². The fourth-order valence-electron chi connectivity index (χ4n) is 2.79. The second-order valence-corrected chi connectivity index (χ2v) is 7.11. The Labute approximate surface area is 143 Å². The average molecular weight is 332 g/mol. The van der Waals surface area contributed by atoms with Crippen LogP contribution in [-0.4, -0.2) is 4.98 Å². The van der Waals surface area contributed by atoms with Crippen LogP contribution in [0.25, 0.3) is 20.8 Å². The van der Waals surface area contributed by atoms with Crippen molar-refractivity contribution in [2.24, 2.45) is 0 Å². The Morgan fingerprint density at radius 3 is 2.62 bits per heavy atom. The zero-order chi connectivity index (χ0) is 16.7. The smallest absolute Gasteiger partial charge is 0.180 e. The molecule has 24 heavy (non-hydrogen) atoms. The molecule has 0 saturated carbocycles. The number of nitrogen functional groups attached to an aromatic ring is 1. The van der Waals surface area contributed by atoms with Crippen LogP contribution in [0.2, 0.25) is 0 Å². The Kier molecular flexibility index (Phi) is 3.54. The predicted molar refractivity (Wildman–Crippen MR) is 101 cm³/mol. The topological polar surface area (TPSA) is 56.0 Å². The molecule has 0 aromatic heterocycles. The van der Waals surface area contributed by atoms with Gasteiger partial charge in [0, 0.05) is 11.8 Å². The summed E-state index contributed by atoms with van der Waals surface area (Å²) in [4.78, 5) is 17.1. The number of nitrogens with zero attached hydrogens (tertiary/aromatic N) is 1. The third-order valence-electron chi connectivity index (χ3n) is 4.13. The Hall–Kier alpha value is -2.72. The van der Waals surface area contributed by atoms with Crippen molar-refractivity contribution in [1.29, 1.82) is 0 Å². The Morgan fingerprint density at radius 1 is 1.04 bits per heavy atom. The van der Waals surface area contributed by atoms with Gasteiger partial charge in [-0.15, -0.1) is 11.3 Å². The molecule has 2 aliphatic rings. The van der Waals surface area contributed by atoms with Gasteiger partial charge in [0.1, 0.15) is 0 Å². The van der Waals surface area contributed by atoms with Crippen LogP contribution in [0.3, 0.4) is 0 Å². The summed E-state index contributed by atoms with van der Waals surface area (Å²) >= 11 is 1.55. The van der Waals surface area contributed by atoms with E-state index in [0.717, 1.165) is 38.5 Å². The van der Waals surface area contributed by atoms with Gasteiger partial charge in [-0.05, 0) is 48.7 Å². The summed E-state index contributed by atoms with van der Waals surface area (Å²) < 4.78 is 0.998. The number of aryl methyl sites for hydroxylation is 1. The second-order valence-electron chi connectivity index (χ2n) is 6.02. The molecule has 2 aromatic rings. The van der Waals surface area contributed by atoms with E-state index in [9.17, 15) is 4.79 Å². The van der Waals surface area contributed by atoms with Gasteiger partial charge < -0.3 is 5.73 Å². The van der Waals surface area contributed by atoms with E-state index in [0.29, 0.717) is 0 Å². The fourth-order valence-corrected chi connectivity index (χ4v) is 3.82. The van der Waals surface area contributed by atoms with Gasteiger partial charge in [-0.25, -0.2) is 4.98 Å². The minimum Gasteiger partial charge on any atom is -0.398 e. The highest BCUT2D eigenvalue weighted by atomic mass is 32.1. The number of hydrogen-bond donors (Lipinski definition) is 1. The zero-order valence-electron chi connectivity index (χ0n) is 13.2. The first-order valence-electron chi connectivity index (χ1n) is 7.77. The predicted octanol–water partition coefficient (Wildman–Crippen LogP) is 4.24. The number of anilines is 1. The lowest BCUT2D eigenvalue weighted by Crippen LogP contribution is -2.00. The zero-order valence-corrected chi connectivity index (χ0v) is 14.1. The molecule has 4 rings (SSSR count). The van der Waals surface area contributed by atoms with E-state index in [-0.39, 0.29) is 5.43 Å². The molecule has 0 amide bonds. The van der Waals surface area contributed by atoms with E-state index in [4.69, 9.17) is 10.7 Å². The summed E-state index contributed by atoms with van der Waals surface area (Å²) in [5.41, 5.74) is 12.3. The largest absolute Gasteiger partial charge is 0.398 e. The molecule has 1 aliphatic heterocycles. The number of aromatic nitrogens is 1. The van der Waals surface area contributed by atoms with Crippen molar-refractivity contribution < 1.29 is 0 Å². The van der Waals surface area contributed by atoms with Crippen molar-refractivity contribution >= 4 is 27.2 Å². The summed E-state index contributed by atoms with van der Waals surface area (Å²) in [6, 6.07) is 17.5. The van der Waals surface area contributed by atoms with E-state index < -0.39 is 0 Å². The van der Waals surface area contributed by atoms with Crippen LogP contribution in [0.5, 0.6) is 0 Å². The third-order valence-corrected chi connectivity index (χ3v) is 5.22. The number of rotatable bonds is 2. The molecule has 4 heteroatoms. The summed E-state index contributed by atoms with van der Waals surface area (Å²) in [5, 5.41) is 0. The summed E-state index contributed by atoms with van der Waals surface area (Å²) in [5.74, 6) is 0. The highest BCUT2D eigenvalue weighted by Gasteiger charge is 2.10. The average Bonchev–Trinajstić information content (AvgIpc) is 2.56. The van der Waals surface area contributed by atoms with Crippen LogP contribution < -0.4 is 11.2 Å². The molecule has 0 spiro atoms. The number of hydrogen-bond acceptors (Lipinski definition) is 4. The number of nitrogens with two attached hydrogens (primary N) is 1. The minimum absolute atomic E-state index is 0.00358. The molecule has 2 aromatic carbocycles. The van der Waals surface area contributed by atoms with Gasteiger partial charge in [0.05, 0.1) is 20.8 Å². The standard InChI is InChI=1S/C20H16N2OS/c1-12-2-4-13(5-3-12)8-14-9-18-20(11-16(14)21)24-19-10-15(23)6-7-17(19)22-18/h2-7,9-11H,8,21H2,1H3. The van der Waals surface area contributed by atoms with Crippen LogP contribution >= 0.6 is 11.3 Å². The van der Waals surface area contributed by atoms with Crippen molar-refractivity contribution in [3.8, 4) is 10.6 Å². The number of fused-ring (bicyclic) bond motifs is 2. The maximum atomic E-state index is 11.5. The molecule has 3 nitrogen and oxygen atoms in total. The second kappa shape index (κ2) is 5.73. The summed E-state index contributed by atoms with van der Waals surface area (Å²) in [6.45, 7) is 2.08.